The van der Waals surface area contributed by atoms with E-state index in [1.54, 1.807) is 18.2 Å². The first kappa shape index (κ1) is 17.1. The fourth-order valence-corrected chi connectivity index (χ4v) is 2.01. The Balaban J connectivity index is 2.52. The van der Waals surface area contributed by atoms with Crippen LogP contribution in [0.25, 0.3) is 6.08 Å². The van der Waals surface area contributed by atoms with Crippen molar-refractivity contribution in [1.82, 2.24) is 0 Å². The number of rotatable bonds is 8. The lowest BCUT2D eigenvalue weighted by Gasteiger charge is -2.14. The standard InChI is InChI=1S/C17H26N2O2/c1-3-5-6-13(4-2)12-21-17(20)16(19)11-14-7-9-15(18)10-8-14/h7-11,13H,3-6,12,18-19H2,1-2H3/b16-11+. The predicted molar refractivity (Wildman–Crippen MR) is 87.3 cm³/mol. The Kier molecular flexibility index (Phi) is 7.37. The maximum Gasteiger partial charge on any atom is 0.354 e. The van der Waals surface area contributed by atoms with Crippen molar-refractivity contribution in [2.24, 2.45) is 11.7 Å². The number of hydrogen-bond donors (Lipinski definition) is 2. The third-order valence-corrected chi connectivity index (χ3v) is 3.49. The molecule has 0 heterocycles. The first-order chi connectivity index (χ1) is 10.1. The summed E-state index contributed by atoms with van der Waals surface area (Å²) >= 11 is 0. The average molecular weight is 290 g/mol. The second-order valence-corrected chi connectivity index (χ2v) is 5.28. The second-order valence-electron chi connectivity index (χ2n) is 5.28. The van der Waals surface area contributed by atoms with Gasteiger partial charge in [0.15, 0.2) is 0 Å². The number of unbranched alkanes of at least 4 members (excludes halogenated alkanes) is 1. The summed E-state index contributed by atoms with van der Waals surface area (Å²) in [7, 11) is 0. The lowest BCUT2D eigenvalue weighted by Crippen LogP contribution is -2.19. The molecule has 21 heavy (non-hydrogen) atoms. The van der Waals surface area contributed by atoms with Crippen molar-refractivity contribution >= 4 is 17.7 Å². The molecule has 1 rings (SSSR count). The van der Waals surface area contributed by atoms with Crippen molar-refractivity contribution in [3.63, 3.8) is 0 Å². The van der Waals surface area contributed by atoms with Gasteiger partial charge >= 0.3 is 5.97 Å². The number of carbonyl (C=O) groups excluding carboxylic acids is 1. The van der Waals surface area contributed by atoms with Gasteiger partial charge in [-0.15, -0.1) is 0 Å². The molecule has 0 amide bonds. The van der Waals surface area contributed by atoms with Gasteiger partial charge in [0.2, 0.25) is 0 Å². The van der Waals surface area contributed by atoms with Crippen LogP contribution in [0, 0.1) is 5.92 Å². The summed E-state index contributed by atoms with van der Waals surface area (Å²) in [5.74, 6) is -0.0417. The van der Waals surface area contributed by atoms with Crippen LogP contribution in [-0.2, 0) is 9.53 Å². The normalized spacial score (nSPS) is 13.0. The molecule has 4 nitrogen and oxygen atoms in total. The van der Waals surface area contributed by atoms with Gasteiger partial charge < -0.3 is 16.2 Å². The molecular weight excluding hydrogens is 264 g/mol. The smallest absolute Gasteiger partial charge is 0.354 e. The molecule has 0 fully saturated rings. The Morgan fingerprint density at radius 2 is 1.95 bits per heavy atom. The molecule has 4 N–H and O–H groups in total. The van der Waals surface area contributed by atoms with E-state index in [9.17, 15) is 4.79 Å². The summed E-state index contributed by atoms with van der Waals surface area (Å²) in [5, 5.41) is 0. The highest BCUT2D eigenvalue weighted by molar-refractivity contribution is 5.92. The summed E-state index contributed by atoms with van der Waals surface area (Å²) < 4.78 is 5.29. The first-order valence-corrected chi connectivity index (χ1v) is 7.56. The van der Waals surface area contributed by atoms with Gasteiger partial charge in [0.25, 0.3) is 0 Å². The maximum absolute atomic E-state index is 11.9. The molecule has 0 aliphatic heterocycles. The Labute approximate surface area is 127 Å². The van der Waals surface area contributed by atoms with E-state index >= 15 is 0 Å². The molecule has 0 bridgehead atoms. The third kappa shape index (κ3) is 6.34. The number of ether oxygens (including phenoxy) is 1. The molecule has 0 aliphatic carbocycles. The van der Waals surface area contributed by atoms with Crippen molar-refractivity contribution in [2.75, 3.05) is 12.3 Å². The van der Waals surface area contributed by atoms with Gasteiger partial charge in [-0.2, -0.15) is 0 Å². The topological polar surface area (TPSA) is 78.3 Å². The number of nitrogens with two attached hydrogens (primary N) is 2. The quantitative estimate of drug-likeness (QED) is 0.437. The molecule has 0 saturated heterocycles. The molecule has 1 atom stereocenters. The van der Waals surface area contributed by atoms with Gasteiger partial charge in [-0.1, -0.05) is 45.2 Å². The van der Waals surface area contributed by atoms with Crippen LogP contribution in [-0.4, -0.2) is 12.6 Å². The van der Waals surface area contributed by atoms with Crippen molar-refractivity contribution in [3.05, 3.63) is 35.5 Å². The molecule has 1 aromatic carbocycles. The van der Waals surface area contributed by atoms with Crippen LogP contribution in [0.2, 0.25) is 0 Å². The van der Waals surface area contributed by atoms with Gasteiger partial charge in [-0.05, 0) is 36.1 Å². The van der Waals surface area contributed by atoms with Gasteiger partial charge in [0.1, 0.15) is 5.70 Å². The number of anilines is 1. The fourth-order valence-electron chi connectivity index (χ4n) is 2.01. The van der Waals surface area contributed by atoms with Crippen LogP contribution < -0.4 is 11.5 Å². The number of esters is 1. The summed E-state index contributed by atoms with van der Waals surface area (Å²) in [4.78, 5) is 11.9. The monoisotopic (exact) mass is 290 g/mol. The van der Waals surface area contributed by atoms with E-state index in [-0.39, 0.29) is 5.70 Å². The minimum absolute atomic E-state index is 0.116. The van der Waals surface area contributed by atoms with Gasteiger partial charge in [0.05, 0.1) is 6.61 Å². The van der Waals surface area contributed by atoms with Crippen LogP contribution >= 0.6 is 0 Å². The molecule has 0 saturated carbocycles. The van der Waals surface area contributed by atoms with Gasteiger partial charge in [0, 0.05) is 5.69 Å². The summed E-state index contributed by atoms with van der Waals surface area (Å²) in [6, 6.07) is 7.15. The van der Waals surface area contributed by atoms with Crippen LogP contribution in [0.4, 0.5) is 5.69 Å². The van der Waals surface area contributed by atoms with E-state index in [1.165, 1.54) is 0 Å². The molecule has 0 spiro atoms. The minimum atomic E-state index is -0.457. The number of hydrogen-bond acceptors (Lipinski definition) is 4. The van der Waals surface area contributed by atoms with E-state index < -0.39 is 5.97 Å². The Hall–Kier alpha value is -1.97. The molecule has 1 aromatic rings. The zero-order valence-corrected chi connectivity index (χ0v) is 13.0. The lowest BCUT2D eigenvalue weighted by atomic mass is 10.0. The number of benzene rings is 1. The minimum Gasteiger partial charge on any atom is -0.461 e. The zero-order valence-electron chi connectivity index (χ0n) is 13.0. The van der Waals surface area contributed by atoms with Crippen molar-refractivity contribution in [1.29, 1.82) is 0 Å². The summed E-state index contributed by atoms with van der Waals surface area (Å²) in [6.45, 7) is 4.71. The molecule has 116 valence electrons. The number of carbonyl (C=O) groups is 1. The average Bonchev–Trinajstić information content (AvgIpc) is 2.49. The van der Waals surface area contributed by atoms with Crippen molar-refractivity contribution in [2.45, 2.75) is 39.5 Å². The molecular formula is C17H26N2O2. The zero-order chi connectivity index (χ0) is 15.7. The summed E-state index contributed by atoms with van der Waals surface area (Å²) in [5.41, 5.74) is 13.0. The van der Waals surface area contributed by atoms with E-state index in [0.717, 1.165) is 31.2 Å². The third-order valence-electron chi connectivity index (χ3n) is 3.49. The van der Waals surface area contributed by atoms with Crippen LogP contribution in [0.15, 0.2) is 30.0 Å². The summed E-state index contributed by atoms with van der Waals surface area (Å²) in [6.07, 6.45) is 6.02. The molecule has 4 heteroatoms. The second kappa shape index (κ2) is 9.06. The number of nitrogen functional groups attached to an aromatic ring is 1. The highest BCUT2D eigenvalue weighted by Crippen LogP contribution is 2.14. The van der Waals surface area contributed by atoms with Crippen LogP contribution in [0.3, 0.4) is 0 Å². The van der Waals surface area contributed by atoms with Crippen molar-refractivity contribution in [3.8, 4) is 0 Å². The largest absolute Gasteiger partial charge is 0.461 e. The van der Waals surface area contributed by atoms with Gasteiger partial charge in [-0.25, -0.2) is 4.79 Å². The van der Waals surface area contributed by atoms with E-state index in [4.69, 9.17) is 16.2 Å². The fraction of sp³-hybridized carbons (Fsp3) is 0.471. The van der Waals surface area contributed by atoms with Crippen LogP contribution in [0.1, 0.15) is 45.1 Å². The molecule has 0 aromatic heterocycles. The van der Waals surface area contributed by atoms with Gasteiger partial charge in [-0.3, -0.25) is 0 Å². The highest BCUT2D eigenvalue weighted by Gasteiger charge is 2.12. The SMILES string of the molecule is CCCCC(CC)COC(=O)/C(N)=C\c1ccc(N)cc1. The Morgan fingerprint density at radius 3 is 2.52 bits per heavy atom. The molecule has 1 unspecified atom stereocenters. The predicted octanol–water partition coefficient (Wildman–Crippen LogP) is 3.33. The highest BCUT2D eigenvalue weighted by atomic mass is 16.5. The lowest BCUT2D eigenvalue weighted by molar-refractivity contribution is -0.140. The maximum atomic E-state index is 11.9. The van der Waals surface area contributed by atoms with Crippen LogP contribution in [0.5, 0.6) is 0 Å². The first-order valence-electron chi connectivity index (χ1n) is 7.56. The molecule has 0 radical (unpaired) electrons. The van der Waals surface area contributed by atoms with Crippen molar-refractivity contribution < 1.29 is 9.53 Å². The molecule has 0 aliphatic rings. The Morgan fingerprint density at radius 1 is 1.29 bits per heavy atom. The van der Waals surface area contributed by atoms with E-state index in [1.807, 2.05) is 12.1 Å². The Bertz CT molecular complexity index is 466. The van der Waals surface area contributed by atoms with E-state index in [0.29, 0.717) is 18.2 Å². The van der Waals surface area contributed by atoms with E-state index in [2.05, 4.69) is 13.8 Å².